The van der Waals surface area contributed by atoms with Crippen molar-refractivity contribution in [3.05, 3.63) is 45.4 Å². The minimum absolute atomic E-state index is 0.324. The number of rotatable bonds is 5. The van der Waals surface area contributed by atoms with Gasteiger partial charge in [-0.1, -0.05) is 17.7 Å². The molecule has 0 fully saturated rings. The number of nitrogen functional groups attached to an aromatic ring is 1. The SMILES string of the molecule is NNC(=O)c1csc(CCOc2cccc(Cl)c2)n1. The summed E-state index contributed by atoms with van der Waals surface area (Å²) in [4.78, 5) is 15.4. The van der Waals surface area contributed by atoms with Gasteiger partial charge in [0.05, 0.1) is 11.6 Å². The molecule has 19 heavy (non-hydrogen) atoms. The predicted octanol–water partition coefficient (Wildman–Crippen LogP) is 2.02. The van der Waals surface area contributed by atoms with Gasteiger partial charge in [0.15, 0.2) is 0 Å². The number of amides is 1. The molecule has 1 aromatic heterocycles. The number of nitrogens with zero attached hydrogens (tertiary/aromatic N) is 1. The van der Waals surface area contributed by atoms with E-state index in [1.54, 1.807) is 17.5 Å². The van der Waals surface area contributed by atoms with Crippen molar-refractivity contribution in [3.8, 4) is 5.75 Å². The minimum atomic E-state index is -0.391. The monoisotopic (exact) mass is 297 g/mol. The topological polar surface area (TPSA) is 77.2 Å². The summed E-state index contributed by atoms with van der Waals surface area (Å²) in [6.45, 7) is 0.470. The van der Waals surface area contributed by atoms with Gasteiger partial charge < -0.3 is 4.74 Å². The first-order chi connectivity index (χ1) is 9.19. The van der Waals surface area contributed by atoms with Crippen LogP contribution in [-0.2, 0) is 6.42 Å². The number of hydrogen-bond donors (Lipinski definition) is 2. The van der Waals surface area contributed by atoms with Crippen LogP contribution in [0, 0.1) is 0 Å². The van der Waals surface area contributed by atoms with Crippen molar-refractivity contribution in [2.75, 3.05) is 6.61 Å². The summed E-state index contributed by atoms with van der Waals surface area (Å²) >= 11 is 7.25. The number of halogens is 1. The van der Waals surface area contributed by atoms with E-state index in [1.807, 2.05) is 17.6 Å². The zero-order valence-corrected chi connectivity index (χ0v) is 11.5. The summed E-state index contributed by atoms with van der Waals surface area (Å²) in [5.41, 5.74) is 2.37. The predicted molar refractivity (Wildman–Crippen MR) is 74.4 cm³/mol. The average Bonchev–Trinajstić information content (AvgIpc) is 2.87. The number of carbonyl (C=O) groups is 1. The Morgan fingerprint density at radius 2 is 2.37 bits per heavy atom. The molecule has 1 heterocycles. The fourth-order valence-corrected chi connectivity index (χ4v) is 2.36. The zero-order chi connectivity index (χ0) is 13.7. The summed E-state index contributed by atoms with van der Waals surface area (Å²) < 4.78 is 5.54. The molecule has 0 bridgehead atoms. The molecule has 1 aromatic carbocycles. The van der Waals surface area contributed by atoms with Crippen LogP contribution >= 0.6 is 22.9 Å². The number of hydrazine groups is 1. The van der Waals surface area contributed by atoms with E-state index in [-0.39, 0.29) is 0 Å². The lowest BCUT2D eigenvalue weighted by molar-refractivity contribution is 0.0949. The van der Waals surface area contributed by atoms with Gasteiger partial charge in [0.1, 0.15) is 11.4 Å². The molecule has 1 amide bonds. The highest BCUT2D eigenvalue weighted by Crippen LogP contribution is 2.17. The minimum Gasteiger partial charge on any atom is -0.493 e. The van der Waals surface area contributed by atoms with E-state index >= 15 is 0 Å². The van der Waals surface area contributed by atoms with Crippen LogP contribution in [0.25, 0.3) is 0 Å². The lowest BCUT2D eigenvalue weighted by Gasteiger charge is -2.04. The fourth-order valence-electron chi connectivity index (χ4n) is 1.42. The van der Waals surface area contributed by atoms with Crippen LogP contribution in [0.3, 0.4) is 0 Å². The standard InChI is InChI=1S/C12H12ClN3O2S/c13-8-2-1-3-9(6-8)18-5-4-11-15-10(7-19-11)12(17)16-14/h1-3,6-7H,4-5,14H2,(H,16,17). The number of ether oxygens (including phenoxy) is 1. The highest BCUT2D eigenvalue weighted by atomic mass is 35.5. The van der Waals surface area contributed by atoms with Crippen molar-refractivity contribution in [2.24, 2.45) is 5.84 Å². The molecule has 2 rings (SSSR count). The second kappa shape index (κ2) is 6.51. The highest BCUT2D eigenvalue weighted by Gasteiger charge is 2.08. The Bertz CT molecular complexity index is 574. The van der Waals surface area contributed by atoms with Crippen LogP contribution in [0.2, 0.25) is 5.02 Å². The maximum absolute atomic E-state index is 11.2. The Kier molecular flexibility index (Phi) is 4.73. The molecule has 0 radical (unpaired) electrons. The molecule has 0 aliphatic carbocycles. The maximum Gasteiger partial charge on any atom is 0.284 e. The highest BCUT2D eigenvalue weighted by molar-refractivity contribution is 7.09. The summed E-state index contributed by atoms with van der Waals surface area (Å²) in [7, 11) is 0. The van der Waals surface area contributed by atoms with Crippen LogP contribution in [0.5, 0.6) is 5.75 Å². The molecule has 2 aromatic rings. The molecule has 7 heteroatoms. The Balaban J connectivity index is 1.86. The van der Waals surface area contributed by atoms with Crippen molar-refractivity contribution < 1.29 is 9.53 Å². The van der Waals surface area contributed by atoms with Gasteiger partial charge in [0, 0.05) is 16.8 Å². The summed E-state index contributed by atoms with van der Waals surface area (Å²) in [5.74, 6) is 5.35. The molecule has 100 valence electrons. The Labute approximate surface area is 119 Å². The van der Waals surface area contributed by atoms with E-state index < -0.39 is 5.91 Å². The summed E-state index contributed by atoms with van der Waals surface area (Å²) in [6, 6.07) is 7.19. The molecule has 0 spiro atoms. The second-order valence-electron chi connectivity index (χ2n) is 3.66. The van der Waals surface area contributed by atoms with Gasteiger partial charge in [0.25, 0.3) is 5.91 Å². The molecular weight excluding hydrogens is 286 g/mol. The van der Waals surface area contributed by atoms with Gasteiger partial charge in [-0.2, -0.15) is 0 Å². The van der Waals surface area contributed by atoms with Crippen LogP contribution < -0.4 is 16.0 Å². The molecule has 0 saturated carbocycles. The first kappa shape index (κ1) is 13.8. The Hall–Kier alpha value is -1.63. The Morgan fingerprint density at radius 3 is 3.11 bits per heavy atom. The number of thiazole rings is 1. The lowest BCUT2D eigenvalue weighted by atomic mass is 10.3. The fraction of sp³-hybridized carbons (Fsp3) is 0.167. The van der Waals surface area contributed by atoms with Crippen molar-refractivity contribution in [1.82, 2.24) is 10.4 Å². The first-order valence-electron chi connectivity index (χ1n) is 5.53. The molecule has 0 saturated heterocycles. The molecule has 3 N–H and O–H groups in total. The van der Waals surface area contributed by atoms with Crippen molar-refractivity contribution in [3.63, 3.8) is 0 Å². The quantitative estimate of drug-likeness (QED) is 0.503. The Morgan fingerprint density at radius 1 is 1.53 bits per heavy atom. The molecule has 0 aliphatic rings. The van der Waals surface area contributed by atoms with Crippen LogP contribution in [0.1, 0.15) is 15.5 Å². The second-order valence-corrected chi connectivity index (χ2v) is 5.03. The molecule has 0 unspecified atom stereocenters. The van der Waals surface area contributed by atoms with E-state index in [9.17, 15) is 4.79 Å². The molecular formula is C12H12ClN3O2S. The molecule has 0 atom stereocenters. The third-order valence-electron chi connectivity index (χ3n) is 2.30. The number of nitrogens with two attached hydrogens (primary N) is 1. The zero-order valence-electron chi connectivity index (χ0n) is 9.93. The van der Waals surface area contributed by atoms with Gasteiger partial charge >= 0.3 is 0 Å². The number of nitrogens with one attached hydrogen (secondary N) is 1. The van der Waals surface area contributed by atoms with E-state index in [0.29, 0.717) is 29.5 Å². The lowest BCUT2D eigenvalue weighted by Crippen LogP contribution is -2.30. The van der Waals surface area contributed by atoms with Crippen molar-refractivity contribution >= 4 is 28.8 Å². The van der Waals surface area contributed by atoms with Crippen LogP contribution in [-0.4, -0.2) is 17.5 Å². The van der Waals surface area contributed by atoms with E-state index in [1.165, 1.54) is 11.3 Å². The van der Waals surface area contributed by atoms with Crippen molar-refractivity contribution in [1.29, 1.82) is 0 Å². The average molecular weight is 298 g/mol. The maximum atomic E-state index is 11.2. The van der Waals surface area contributed by atoms with Crippen molar-refractivity contribution in [2.45, 2.75) is 6.42 Å². The van der Waals surface area contributed by atoms with E-state index in [0.717, 1.165) is 5.01 Å². The van der Waals surface area contributed by atoms with Gasteiger partial charge in [-0.05, 0) is 18.2 Å². The molecule has 5 nitrogen and oxygen atoms in total. The van der Waals surface area contributed by atoms with Gasteiger partial charge in [0.2, 0.25) is 0 Å². The molecule has 0 aliphatic heterocycles. The largest absolute Gasteiger partial charge is 0.493 e. The normalized spacial score (nSPS) is 10.2. The number of carbonyl (C=O) groups excluding carboxylic acids is 1. The van der Waals surface area contributed by atoms with E-state index in [4.69, 9.17) is 22.2 Å². The number of aromatic nitrogens is 1. The van der Waals surface area contributed by atoms with Crippen LogP contribution in [0.15, 0.2) is 29.6 Å². The number of benzene rings is 1. The van der Waals surface area contributed by atoms with Gasteiger partial charge in [-0.15, -0.1) is 11.3 Å². The number of hydrogen-bond acceptors (Lipinski definition) is 5. The first-order valence-corrected chi connectivity index (χ1v) is 6.78. The van der Waals surface area contributed by atoms with Crippen LogP contribution in [0.4, 0.5) is 0 Å². The third kappa shape index (κ3) is 3.92. The van der Waals surface area contributed by atoms with Gasteiger partial charge in [-0.3, -0.25) is 10.2 Å². The third-order valence-corrected chi connectivity index (χ3v) is 3.44. The van der Waals surface area contributed by atoms with Gasteiger partial charge in [-0.25, -0.2) is 10.8 Å². The smallest absolute Gasteiger partial charge is 0.284 e. The summed E-state index contributed by atoms with van der Waals surface area (Å²) in [6.07, 6.45) is 0.620. The van der Waals surface area contributed by atoms with E-state index in [2.05, 4.69) is 4.98 Å². The summed E-state index contributed by atoms with van der Waals surface area (Å²) in [5, 5.41) is 3.12.